The Balaban J connectivity index is 2.25. The molecule has 0 saturated carbocycles. The minimum atomic E-state index is 0.610. The zero-order chi connectivity index (χ0) is 15.2. The Hall–Kier alpha value is -0.860. The van der Waals surface area contributed by atoms with E-state index in [9.17, 15) is 0 Å². The third-order valence-corrected chi connectivity index (χ3v) is 4.74. The predicted octanol–water partition coefficient (Wildman–Crippen LogP) is 4.14. The molecule has 1 aliphatic rings. The predicted molar refractivity (Wildman–Crippen MR) is 92.0 cm³/mol. The minimum absolute atomic E-state index is 0.610. The summed E-state index contributed by atoms with van der Waals surface area (Å²) in [6, 6.07) is 5.33. The summed E-state index contributed by atoms with van der Waals surface area (Å²) in [5, 5.41) is 3.48. The van der Waals surface area contributed by atoms with Crippen molar-refractivity contribution in [3.05, 3.63) is 34.4 Å². The second kappa shape index (κ2) is 7.95. The molecule has 1 N–H and O–H groups in total. The number of benzene rings is 1. The van der Waals surface area contributed by atoms with Crippen molar-refractivity contribution in [1.82, 2.24) is 10.2 Å². The molecule has 0 unspecified atom stereocenters. The van der Waals surface area contributed by atoms with Crippen LogP contribution < -0.4 is 5.32 Å². The van der Waals surface area contributed by atoms with E-state index in [2.05, 4.69) is 50.0 Å². The highest BCUT2D eigenvalue weighted by Crippen LogP contribution is 2.32. The fraction of sp³-hybridized carbons (Fsp3) is 0.684. The Labute approximate surface area is 130 Å². The van der Waals surface area contributed by atoms with Gasteiger partial charge in [-0.05, 0) is 43.9 Å². The molecule has 1 aromatic carbocycles. The lowest BCUT2D eigenvalue weighted by molar-refractivity contribution is 0.162. The summed E-state index contributed by atoms with van der Waals surface area (Å²) in [5.41, 5.74) is 5.94. The molecule has 0 bridgehead atoms. The van der Waals surface area contributed by atoms with E-state index in [0.29, 0.717) is 6.04 Å². The summed E-state index contributed by atoms with van der Waals surface area (Å²) in [7, 11) is 0. The van der Waals surface area contributed by atoms with Crippen LogP contribution in [0.25, 0.3) is 0 Å². The molecule has 118 valence electrons. The molecular formula is C19H32N2. The first-order valence-corrected chi connectivity index (χ1v) is 8.66. The summed E-state index contributed by atoms with van der Waals surface area (Å²) in [4.78, 5) is 2.71. The van der Waals surface area contributed by atoms with Gasteiger partial charge < -0.3 is 5.32 Å². The fourth-order valence-corrected chi connectivity index (χ4v) is 3.81. The van der Waals surface area contributed by atoms with Gasteiger partial charge in [0, 0.05) is 32.2 Å². The summed E-state index contributed by atoms with van der Waals surface area (Å²) >= 11 is 0. The van der Waals surface area contributed by atoms with Gasteiger partial charge >= 0.3 is 0 Å². The van der Waals surface area contributed by atoms with Gasteiger partial charge in [0.2, 0.25) is 0 Å². The number of hydrogen-bond donors (Lipinski definition) is 1. The second-order valence-electron chi connectivity index (χ2n) is 6.61. The van der Waals surface area contributed by atoms with Crippen LogP contribution >= 0.6 is 0 Å². The monoisotopic (exact) mass is 288 g/mol. The van der Waals surface area contributed by atoms with Gasteiger partial charge in [-0.2, -0.15) is 0 Å². The zero-order valence-corrected chi connectivity index (χ0v) is 14.3. The highest BCUT2D eigenvalue weighted by molar-refractivity contribution is 5.39. The lowest BCUT2D eigenvalue weighted by atomic mass is 9.89. The standard InChI is InChI=1S/C19H32N2/c1-5-6-7-8-18(21-11-9-20-10-12-21)19-16(3)13-15(2)14-17(19)4/h13-14,18,20H,5-12H2,1-4H3/t18-/m1/s1. The Morgan fingerprint density at radius 1 is 1.05 bits per heavy atom. The van der Waals surface area contributed by atoms with Crippen molar-refractivity contribution in [1.29, 1.82) is 0 Å². The Bertz CT molecular complexity index is 424. The van der Waals surface area contributed by atoms with Gasteiger partial charge in [-0.1, -0.05) is 43.9 Å². The van der Waals surface area contributed by atoms with Crippen LogP contribution in [0, 0.1) is 20.8 Å². The molecule has 0 aromatic heterocycles. The first-order valence-electron chi connectivity index (χ1n) is 8.66. The van der Waals surface area contributed by atoms with E-state index in [1.54, 1.807) is 5.56 Å². The van der Waals surface area contributed by atoms with Gasteiger partial charge in [0.05, 0.1) is 0 Å². The molecule has 0 spiro atoms. The number of hydrogen-bond acceptors (Lipinski definition) is 2. The van der Waals surface area contributed by atoms with Crippen molar-refractivity contribution in [3.63, 3.8) is 0 Å². The number of piperazine rings is 1. The molecule has 1 aliphatic heterocycles. The second-order valence-corrected chi connectivity index (χ2v) is 6.61. The van der Waals surface area contributed by atoms with Crippen LogP contribution in [0.15, 0.2) is 12.1 Å². The largest absolute Gasteiger partial charge is 0.314 e. The molecule has 1 heterocycles. The molecule has 1 aromatic rings. The molecule has 1 atom stereocenters. The molecule has 1 fully saturated rings. The van der Waals surface area contributed by atoms with E-state index < -0.39 is 0 Å². The maximum atomic E-state index is 3.48. The van der Waals surface area contributed by atoms with Gasteiger partial charge in [-0.3, -0.25) is 4.90 Å². The molecule has 1 saturated heterocycles. The van der Waals surface area contributed by atoms with Crippen molar-refractivity contribution in [2.75, 3.05) is 26.2 Å². The van der Waals surface area contributed by atoms with Crippen LogP contribution in [-0.4, -0.2) is 31.1 Å². The highest BCUT2D eigenvalue weighted by atomic mass is 15.2. The van der Waals surface area contributed by atoms with E-state index in [-0.39, 0.29) is 0 Å². The van der Waals surface area contributed by atoms with E-state index in [4.69, 9.17) is 0 Å². The van der Waals surface area contributed by atoms with Crippen molar-refractivity contribution in [2.45, 2.75) is 59.4 Å². The van der Waals surface area contributed by atoms with Crippen molar-refractivity contribution < 1.29 is 0 Å². The topological polar surface area (TPSA) is 15.3 Å². The molecule has 0 radical (unpaired) electrons. The maximum absolute atomic E-state index is 3.48. The first-order chi connectivity index (χ1) is 10.1. The van der Waals surface area contributed by atoms with E-state index in [0.717, 1.165) is 13.1 Å². The summed E-state index contributed by atoms with van der Waals surface area (Å²) < 4.78 is 0. The third kappa shape index (κ3) is 4.31. The van der Waals surface area contributed by atoms with Crippen LogP contribution in [0.1, 0.15) is 60.9 Å². The third-order valence-electron chi connectivity index (χ3n) is 4.74. The van der Waals surface area contributed by atoms with Gasteiger partial charge in [0.25, 0.3) is 0 Å². The molecule has 21 heavy (non-hydrogen) atoms. The summed E-state index contributed by atoms with van der Waals surface area (Å²) in [6.45, 7) is 13.7. The molecular weight excluding hydrogens is 256 g/mol. The maximum Gasteiger partial charge on any atom is 0.0354 e. The number of aryl methyl sites for hydroxylation is 3. The normalized spacial score (nSPS) is 17.9. The lowest BCUT2D eigenvalue weighted by Crippen LogP contribution is -2.45. The van der Waals surface area contributed by atoms with Gasteiger partial charge in [-0.25, -0.2) is 0 Å². The Kier molecular flexibility index (Phi) is 6.25. The Morgan fingerprint density at radius 3 is 2.24 bits per heavy atom. The fourth-order valence-electron chi connectivity index (χ4n) is 3.81. The molecule has 2 nitrogen and oxygen atoms in total. The van der Waals surface area contributed by atoms with Gasteiger partial charge in [0.1, 0.15) is 0 Å². The number of nitrogens with zero attached hydrogens (tertiary/aromatic N) is 1. The average molecular weight is 288 g/mol. The van der Waals surface area contributed by atoms with E-state index in [1.807, 2.05) is 0 Å². The van der Waals surface area contributed by atoms with Crippen molar-refractivity contribution in [2.24, 2.45) is 0 Å². The highest BCUT2D eigenvalue weighted by Gasteiger charge is 2.24. The molecule has 0 amide bonds. The number of unbranched alkanes of at least 4 members (excludes halogenated alkanes) is 2. The molecule has 0 aliphatic carbocycles. The van der Waals surface area contributed by atoms with Crippen LogP contribution in [0.3, 0.4) is 0 Å². The first kappa shape index (κ1) is 16.5. The number of nitrogens with one attached hydrogen (secondary N) is 1. The van der Waals surface area contributed by atoms with Crippen LogP contribution in [0.4, 0.5) is 0 Å². The van der Waals surface area contributed by atoms with Crippen LogP contribution in [-0.2, 0) is 0 Å². The van der Waals surface area contributed by atoms with E-state index in [1.165, 1.54) is 55.5 Å². The van der Waals surface area contributed by atoms with Crippen LogP contribution in [0.5, 0.6) is 0 Å². The molecule has 2 heteroatoms. The van der Waals surface area contributed by atoms with Crippen LogP contribution in [0.2, 0.25) is 0 Å². The van der Waals surface area contributed by atoms with Crippen molar-refractivity contribution >= 4 is 0 Å². The zero-order valence-electron chi connectivity index (χ0n) is 14.3. The van der Waals surface area contributed by atoms with Gasteiger partial charge in [-0.15, -0.1) is 0 Å². The SMILES string of the molecule is CCCCC[C@H](c1c(C)cc(C)cc1C)N1CCNCC1. The number of rotatable bonds is 6. The summed E-state index contributed by atoms with van der Waals surface area (Å²) in [5.74, 6) is 0. The lowest BCUT2D eigenvalue weighted by Gasteiger charge is -2.37. The summed E-state index contributed by atoms with van der Waals surface area (Å²) in [6.07, 6.45) is 5.31. The smallest absolute Gasteiger partial charge is 0.0354 e. The van der Waals surface area contributed by atoms with E-state index >= 15 is 0 Å². The Morgan fingerprint density at radius 2 is 1.67 bits per heavy atom. The minimum Gasteiger partial charge on any atom is -0.314 e. The average Bonchev–Trinajstić information content (AvgIpc) is 2.45. The quantitative estimate of drug-likeness (QED) is 0.792. The molecule has 2 rings (SSSR count). The van der Waals surface area contributed by atoms with Crippen molar-refractivity contribution in [3.8, 4) is 0 Å². The van der Waals surface area contributed by atoms with Gasteiger partial charge in [0.15, 0.2) is 0 Å².